The van der Waals surface area contributed by atoms with E-state index in [2.05, 4.69) is 40.7 Å². The van der Waals surface area contributed by atoms with Crippen LogP contribution in [0.15, 0.2) is 85.1 Å². The Morgan fingerprint density at radius 1 is 0.875 bits per heavy atom. The largest absolute Gasteiger partial charge is 0.481 e. The van der Waals surface area contributed by atoms with Crippen molar-refractivity contribution in [3.63, 3.8) is 0 Å². The number of carboxylic acids is 1. The lowest BCUT2D eigenvalue weighted by atomic mass is 9.82. The molecule has 0 atom stereocenters. The van der Waals surface area contributed by atoms with Crippen LogP contribution in [0.3, 0.4) is 0 Å². The Kier molecular flexibility index (Phi) is 7.03. The first kappa shape index (κ1) is 25.7. The van der Waals surface area contributed by atoms with Crippen molar-refractivity contribution in [2.45, 2.75) is 32.2 Å². The van der Waals surface area contributed by atoms with Gasteiger partial charge in [0.05, 0.1) is 29.7 Å². The Labute approximate surface area is 231 Å². The molecule has 4 aromatic carbocycles. The molecule has 0 radical (unpaired) electrons. The fourth-order valence-electron chi connectivity index (χ4n) is 5.79. The summed E-state index contributed by atoms with van der Waals surface area (Å²) >= 11 is 0. The van der Waals surface area contributed by atoms with E-state index in [0.29, 0.717) is 31.5 Å². The number of aliphatic carboxylic acids is 1. The van der Waals surface area contributed by atoms with E-state index in [-0.39, 0.29) is 23.6 Å². The van der Waals surface area contributed by atoms with Gasteiger partial charge in [-0.25, -0.2) is 4.39 Å². The molecule has 40 heavy (non-hydrogen) atoms. The lowest BCUT2D eigenvalue weighted by Crippen LogP contribution is -2.32. The molecule has 0 spiro atoms. The normalized spacial score (nSPS) is 17.2. The third kappa shape index (κ3) is 5.32. The number of carboxylic acid groups (broad SMARTS) is 1. The first-order valence-corrected chi connectivity index (χ1v) is 13.7. The zero-order chi connectivity index (χ0) is 27.6. The Balaban J connectivity index is 1.32. The van der Waals surface area contributed by atoms with Crippen LogP contribution >= 0.6 is 0 Å². The highest BCUT2D eigenvalue weighted by Crippen LogP contribution is 2.31. The van der Waals surface area contributed by atoms with E-state index in [4.69, 9.17) is 0 Å². The van der Waals surface area contributed by atoms with Crippen LogP contribution in [-0.2, 0) is 11.3 Å². The topological polar surface area (TPSA) is 84.2 Å². The van der Waals surface area contributed by atoms with Crippen molar-refractivity contribution in [3.05, 3.63) is 102 Å². The third-order valence-electron chi connectivity index (χ3n) is 8.05. The van der Waals surface area contributed by atoms with Gasteiger partial charge in [0.1, 0.15) is 5.82 Å². The number of aromatic nitrogens is 2. The van der Waals surface area contributed by atoms with E-state index < -0.39 is 5.97 Å². The molecule has 7 heteroatoms. The summed E-state index contributed by atoms with van der Waals surface area (Å²) in [5.41, 5.74) is 3.95. The summed E-state index contributed by atoms with van der Waals surface area (Å²) in [6.07, 6.45) is 4.61. The first-order chi connectivity index (χ1) is 19.4. The molecule has 6 rings (SSSR count). The average Bonchev–Trinajstić information content (AvgIpc) is 3.38. The Hall–Kier alpha value is -4.52. The molecule has 0 bridgehead atoms. The molecule has 1 fully saturated rings. The molecule has 6 nitrogen and oxygen atoms in total. The van der Waals surface area contributed by atoms with Gasteiger partial charge < -0.3 is 10.4 Å². The van der Waals surface area contributed by atoms with E-state index in [1.807, 2.05) is 28.9 Å². The maximum Gasteiger partial charge on any atom is 0.306 e. The number of carbonyl (C=O) groups excluding carboxylic acids is 1. The highest BCUT2D eigenvalue weighted by molar-refractivity contribution is 6.07. The minimum atomic E-state index is -0.734. The average molecular weight is 536 g/mol. The van der Waals surface area contributed by atoms with Crippen LogP contribution in [0.4, 0.5) is 4.39 Å². The molecular formula is C33H30FN3O3. The molecule has 1 heterocycles. The number of halogens is 1. The molecule has 2 N–H and O–H groups in total. The van der Waals surface area contributed by atoms with E-state index in [0.717, 1.165) is 51.2 Å². The predicted octanol–water partition coefficient (Wildman–Crippen LogP) is 6.66. The minimum absolute atomic E-state index is 0.199. The third-order valence-corrected chi connectivity index (χ3v) is 8.05. The van der Waals surface area contributed by atoms with Crippen molar-refractivity contribution in [3.8, 4) is 11.1 Å². The van der Waals surface area contributed by atoms with Crippen LogP contribution in [-0.4, -0.2) is 33.3 Å². The Morgan fingerprint density at radius 2 is 1.62 bits per heavy atom. The molecule has 1 amide bonds. The molecule has 1 saturated carbocycles. The second-order valence-corrected chi connectivity index (χ2v) is 10.7. The number of amides is 1. The van der Waals surface area contributed by atoms with E-state index in [1.54, 1.807) is 18.3 Å². The Bertz CT molecular complexity index is 1700. The maximum absolute atomic E-state index is 13.7. The van der Waals surface area contributed by atoms with Gasteiger partial charge in [-0.3, -0.25) is 14.3 Å². The minimum Gasteiger partial charge on any atom is -0.481 e. The highest BCUT2D eigenvalue weighted by Gasteiger charge is 2.26. The summed E-state index contributed by atoms with van der Waals surface area (Å²) in [5, 5.41) is 20.2. The highest BCUT2D eigenvalue weighted by atomic mass is 19.1. The number of hydrogen-bond donors (Lipinski definition) is 2. The summed E-state index contributed by atoms with van der Waals surface area (Å²) < 4.78 is 15.5. The number of fused-ring (bicyclic) bond motifs is 2. The van der Waals surface area contributed by atoms with Crippen molar-refractivity contribution in [1.29, 1.82) is 0 Å². The zero-order valence-corrected chi connectivity index (χ0v) is 22.0. The number of benzene rings is 4. The van der Waals surface area contributed by atoms with Crippen LogP contribution in [0, 0.1) is 17.7 Å². The number of carbonyl (C=O) groups is 2. The number of hydrogen-bond acceptors (Lipinski definition) is 3. The van der Waals surface area contributed by atoms with Crippen LogP contribution in [0.1, 0.15) is 41.6 Å². The van der Waals surface area contributed by atoms with Crippen LogP contribution in [0.5, 0.6) is 0 Å². The zero-order valence-electron chi connectivity index (χ0n) is 22.0. The predicted molar refractivity (Wildman–Crippen MR) is 154 cm³/mol. The lowest BCUT2D eigenvalue weighted by Gasteiger charge is -2.26. The van der Waals surface area contributed by atoms with Gasteiger partial charge in [0, 0.05) is 11.9 Å². The first-order valence-electron chi connectivity index (χ1n) is 13.7. The van der Waals surface area contributed by atoms with Gasteiger partial charge in [0.2, 0.25) is 0 Å². The number of nitrogens with zero attached hydrogens (tertiary/aromatic N) is 2. The van der Waals surface area contributed by atoms with Crippen LogP contribution in [0.25, 0.3) is 32.8 Å². The van der Waals surface area contributed by atoms with Crippen LogP contribution < -0.4 is 5.32 Å². The molecule has 0 saturated heterocycles. The number of rotatable bonds is 7. The Morgan fingerprint density at radius 3 is 2.38 bits per heavy atom. The van der Waals surface area contributed by atoms with Crippen LogP contribution in [0.2, 0.25) is 0 Å². The van der Waals surface area contributed by atoms with Gasteiger partial charge in [-0.2, -0.15) is 5.10 Å². The molecule has 202 valence electrons. The van der Waals surface area contributed by atoms with E-state index in [9.17, 15) is 19.1 Å². The summed E-state index contributed by atoms with van der Waals surface area (Å²) in [6.45, 7) is 0.996. The second kappa shape index (κ2) is 10.9. The standard InChI is InChI=1S/C33H30FN3O3/c34-29-13-11-24(12-14-29)27-16-28-19-36-37(20-22-7-8-23-3-1-2-4-26(23)15-22)31(28)30(17-27)32(38)35-18-21-5-9-25(10-6-21)33(39)40/h1-4,7-8,11-17,19,21,25H,5-6,9-10,18,20H2,(H,35,38)(H,39,40). The second-order valence-electron chi connectivity index (χ2n) is 10.7. The maximum atomic E-state index is 13.7. The van der Waals surface area contributed by atoms with Crippen molar-refractivity contribution in [2.24, 2.45) is 11.8 Å². The lowest BCUT2D eigenvalue weighted by molar-refractivity contribution is -0.143. The summed E-state index contributed by atoms with van der Waals surface area (Å²) in [6, 6.07) is 24.6. The summed E-state index contributed by atoms with van der Waals surface area (Å²) in [5.74, 6) is -1.29. The monoisotopic (exact) mass is 535 g/mol. The molecule has 1 aromatic heterocycles. The molecular weight excluding hydrogens is 505 g/mol. The fraction of sp³-hybridized carbons (Fsp3) is 0.242. The van der Waals surface area contributed by atoms with Gasteiger partial charge in [-0.1, -0.05) is 48.5 Å². The SMILES string of the molecule is O=C(NCC1CCC(C(=O)O)CC1)c1cc(-c2ccc(F)cc2)cc2cnn(Cc3ccc4ccccc4c3)c12. The van der Waals surface area contributed by atoms with Crippen molar-refractivity contribution in [1.82, 2.24) is 15.1 Å². The van der Waals surface area contributed by atoms with Gasteiger partial charge in [-0.15, -0.1) is 0 Å². The smallest absolute Gasteiger partial charge is 0.306 e. The van der Waals surface area contributed by atoms with Gasteiger partial charge in [0.15, 0.2) is 0 Å². The molecule has 1 aliphatic carbocycles. The van der Waals surface area contributed by atoms with E-state index >= 15 is 0 Å². The summed E-state index contributed by atoms with van der Waals surface area (Å²) in [4.78, 5) is 25.0. The molecule has 1 aliphatic rings. The summed E-state index contributed by atoms with van der Waals surface area (Å²) in [7, 11) is 0. The van der Waals surface area contributed by atoms with Crippen molar-refractivity contribution < 1.29 is 19.1 Å². The van der Waals surface area contributed by atoms with Gasteiger partial charge in [0.25, 0.3) is 5.91 Å². The van der Waals surface area contributed by atoms with Crippen molar-refractivity contribution in [2.75, 3.05) is 6.54 Å². The quantitative estimate of drug-likeness (QED) is 0.244. The fourth-order valence-corrected chi connectivity index (χ4v) is 5.79. The van der Waals surface area contributed by atoms with Gasteiger partial charge in [-0.05, 0) is 89.4 Å². The molecule has 5 aromatic rings. The number of nitrogens with one attached hydrogen (secondary N) is 1. The van der Waals surface area contributed by atoms with E-state index in [1.165, 1.54) is 12.1 Å². The van der Waals surface area contributed by atoms with Gasteiger partial charge >= 0.3 is 5.97 Å². The molecule has 0 aliphatic heterocycles. The molecule has 0 unspecified atom stereocenters. The van der Waals surface area contributed by atoms with Crippen molar-refractivity contribution >= 4 is 33.6 Å².